The minimum atomic E-state index is -0.184. The molecule has 2 amide bonds. The Labute approximate surface area is 193 Å². The molecule has 0 saturated carbocycles. The normalized spacial score (nSPS) is 11.0. The quantitative estimate of drug-likeness (QED) is 0.454. The smallest absolute Gasteiger partial charge is 0.314 e. The second kappa shape index (κ2) is 11.8. The average Bonchev–Trinajstić information content (AvgIpc) is 2.73. The summed E-state index contributed by atoms with van der Waals surface area (Å²) in [5, 5.41) is 5.72. The van der Waals surface area contributed by atoms with Crippen LogP contribution in [0.3, 0.4) is 0 Å². The fourth-order valence-corrected chi connectivity index (χ4v) is 3.45. The van der Waals surface area contributed by atoms with Crippen molar-refractivity contribution < 1.29 is 19.0 Å². The summed E-state index contributed by atoms with van der Waals surface area (Å²) in [5.41, 5.74) is 2.41. The number of hydrogen-bond acceptors (Lipinski definition) is 4. The molecule has 31 heavy (non-hydrogen) atoms. The van der Waals surface area contributed by atoms with Crippen LogP contribution in [0.15, 0.2) is 40.9 Å². The lowest BCUT2D eigenvalue weighted by atomic mass is 9.87. The van der Waals surface area contributed by atoms with Crippen LogP contribution in [0.2, 0.25) is 0 Å². The van der Waals surface area contributed by atoms with Gasteiger partial charge in [0.1, 0.15) is 5.75 Å². The zero-order valence-corrected chi connectivity index (χ0v) is 20.6. The zero-order valence-electron chi connectivity index (χ0n) is 19.0. The van der Waals surface area contributed by atoms with Crippen LogP contribution in [-0.4, -0.2) is 39.9 Å². The van der Waals surface area contributed by atoms with Gasteiger partial charge in [-0.1, -0.05) is 32.9 Å². The van der Waals surface area contributed by atoms with Crippen molar-refractivity contribution >= 4 is 22.0 Å². The van der Waals surface area contributed by atoms with Crippen molar-refractivity contribution in [1.29, 1.82) is 0 Å². The van der Waals surface area contributed by atoms with E-state index in [1.165, 1.54) is 5.56 Å². The maximum absolute atomic E-state index is 12.0. The van der Waals surface area contributed by atoms with Gasteiger partial charge in [0, 0.05) is 13.1 Å². The summed E-state index contributed by atoms with van der Waals surface area (Å²) in [4.78, 5) is 12.0. The average molecular weight is 493 g/mol. The highest BCUT2D eigenvalue weighted by atomic mass is 79.9. The van der Waals surface area contributed by atoms with E-state index in [0.29, 0.717) is 37.6 Å². The third-order valence-corrected chi connectivity index (χ3v) is 5.43. The molecule has 7 heteroatoms. The maximum Gasteiger partial charge on any atom is 0.314 e. The first-order valence-corrected chi connectivity index (χ1v) is 11.2. The highest BCUT2D eigenvalue weighted by Gasteiger charge is 2.15. The molecule has 0 aliphatic heterocycles. The predicted molar refractivity (Wildman–Crippen MR) is 128 cm³/mol. The number of amides is 2. The van der Waals surface area contributed by atoms with Gasteiger partial charge in [0.15, 0.2) is 11.5 Å². The molecule has 0 aromatic heterocycles. The monoisotopic (exact) mass is 492 g/mol. The summed E-state index contributed by atoms with van der Waals surface area (Å²) in [6.07, 6.45) is 1.42. The molecule has 2 N–H and O–H groups in total. The Morgan fingerprint density at radius 3 is 2.26 bits per heavy atom. The first-order valence-electron chi connectivity index (χ1n) is 10.4. The van der Waals surface area contributed by atoms with Crippen molar-refractivity contribution in [2.24, 2.45) is 0 Å². The minimum absolute atomic E-state index is 0.0950. The van der Waals surface area contributed by atoms with Crippen LogP contribution in [0.1, 0.15) is 38.3 Å². The van der Waals surface area contributed by atoms with E-state index in [2.05, 4.69) is 59.5 Å². The molecule has 0 fully saturated rings. The van der Waals surface area contributed by atoms with Gasteiger partial charge in [-0.3, -0.25) is 0 Å². The van der Waals surface area contributed by atoms with Gasteiger partial charge in [0.25, 0.3) is 0 Å². The number of nitrogens with one attached hydrogen (secondary N) is 2. The minimum Gasteiger partial charge on any atom is -0.493 e. The van der Waals surface area contributed by atoms with E-state index < -0.39 is 0 Å². The number of carbonyl (C=O) groups excluding carboxylic acids is 1. The third-order valence-electron chi connectivity index (χ3n) is 4.81. The molecule has 0 atom stereocenters. The Morgan fingerprint density at radius 1 is 0.935 bits per heavy atom. The Balaban J connectivity index is 1.64. The van der Waals surface area contributed by atoms with Crippen molar-refractivity contribution in [2.45, 2.75) is 39.0 Å². The Hall–Kier alpha value is -2.41. The molecule has 170 valence electrons. The molecular formula is C24H33BrN2O4. The number of urea groups is 1. The molecule has 2 aromatic carbocycles. The van der Waals surface area contributed by atoms with Crippen LogP contribution in [-0.2, 0) is 11.8 Å². The fraction of sp³-hybridized carbons (Fsp3) is 0.458. The molecular weight excluding hydrogens is 460 g/mol. The number of benzene rings is 2. The number of halogens is 1. The van der Waals surface area contributed by atoms with Gasteiger partial charge in [-0.25, -0.2) is 4.79 Å². The summed E-state index contributed by atoms with van der Waals surface area (Å²) in [7, 11) is 3.21. The van der Waals surface area contributed by atoms with Crippen molar-refractivity contribution in [1.82, 2.24) is 10.6 Å². The van der Waals surface area contributed by atoms with E-state index >= 15 is 0 Å². The van der Waals surface area contributed by atoms with E-state index in [9.17, 15) is 4.79 Å². The lowest BCUT2D eigenvalue weighted by molar-refractivity contribution is 0.239. The molecule has 0 saturated heterocycles. The maximum atomic E-state index is 12.0. The third kappa shape index (κ3) is 7.98. The standard InChI is InChI=1S/C24H33BrN2O4/c1-24(2,3)18-8-10-20(19(25)16-18)31-14-6-12-26-23(28)27-13-11-17-7-9-21(29-4)22(15-17)30-5/h7-10,15-16H,6,11-14H2,1-5H3,(H2,26,27,28). The van der Waals surface area contributed by atoms with E-state index in [1.54, 1.807) is 14.2 Å². The molecule has 0 radical (unpaired) electrons. The van der Waals surface area contributed by atoms with Crippen molar-refractivity contribution in [3.05, 3.63) is 52.0 Å². The van der Waals surface area contributed by atoms with E-state index in [0.717, 1.165) is 22.2 Å². The molecule has 0 aliphatic rings. The van der Waals surface area contributed by atoms with Crippen molar-refractivity contribution in [3.63, 3.8) is 0 Å². The molecule has 0 heterocycles. The molecule has 6 nitrogen and oxygen atoms in total. The topological polar surface area (TPSA) is 68.8 Å². The van der Waals surface area contributed by atoms with Gasteiger partial charge in [-0.15, -0.1) is 0 Å². The molecule has 0 aliphatic carbocycles. The van der Waals surface area contributed by atoms with E-state index in [1.807, 2.05) is 24.3 Å². The van der Waals surface area contributed by atoms with E-state index in [-0.39, 0.29) is 11.4 Å². The summed E-state index contributed by atoms with van der Waals surface area (Å²) >= 11 is 3.58. The largest absolute Gasteiger partial charge is 0.493 e. The van der Waals surface area contributed by atoms with Crippen LogP contribution in [0.5, 0.6) is 17.2 Å². The second-order valence-electron chi connectivity index (χ2n) is 8.22. The Kier molecular flexibility index (Phi) is 9.49. The Bertz CT molecular complexity index is 865. The summed E-state index contributed by atoms with van der Waals surface area (Å²) < 4.78 is 17.3. The highest BCUT2D eigenvalue weighted by molar-refractivity contribution is 9.10. The lowest BCUT2D eigenvalue weighted by Crippen LogP contribution is -2.37. The van der Waals surface area contributed by atoms with Crippen LogP contribution >= 0.6 is 15.9 Å². The molecule has 2 aromatic rings. The predicted octanol–water partition coefficient (Wildman–Crippen LogP) is 5.07. The summed E-state index contributed by atoms with van der Waals surface area (Å²) in [6, 6.07) is 11.7. The number of rotatable bonds is 10. The summed E-state index contributed by atoms with van der Waals surface area (Å²) in [6.45, 7) is 8.14. The van der Waals surface area contributed by atoms with Gasteiger partial charge in [-0.2, -0.15) is 0 Å². The molecule has 0 spiro atoms. The van der Waals surface area contributed by atoms with Crippen LogP contribution in [0, 0.1) is 0 Å². The first kappa shape index (κ1) is 24.9. The van der Waals surface area contributed by atoms with Gasteiger partial charge >= 0.3 is 6.03 Å². The van der Waals surface area contributed by atoms with Crippen molar-refractivity contribution in [3.8, 4) is 17.2 Å². The lowest BCUT2D eigenvalue weighted by Gasteiger charge is -2.20. The van der Waals surface area contributed by atoms with Gasteiger partial charge in [0.2, 0.25) is 0 Å². The Morgan fingerprint density at radius 2 is 1.61 bits per heavy atom. The molecule has 0 bridgehead atoms. The van der Waals surface area contributed by atoms with E-state index in [4.69, 9.17) is 14.2 Å². The van der Waals surface area contributed by atoms with Gasteiger partial charge in [0.05, 0.1) is 25.3 Å². The van der Waals surface area contributed by atoms with Gasteiger partial charge in [-0.05, 0) is 69.6 Å². The summed E-state index contributed by atoms with van der Waals surface area (Å²) in [5.74, 6) is 2.19. The highest BCUT2D eigenvalue weighted by Crippen LogP contribution is 2.31. The van der Waals surface area contributed by atoms with Crippen LogP contribution in [0.25, 0.3) is 0 Å². The number of ether oxygens (including phenoxy) is 3. The van der Waals surface area contributed by atoms with Crippen LogP contribution < -0.4 is 24.8 Å². The SMILES string of the molecule is COc1ccc(CCNC(=O)NCCCOc2ccc(C(C)(C)C)cc2Br)cc1OC. The van der Waals surface area contributed by atoms with Gasteiger partial charge < -0.3 is 24.8 Å². The number of carbonyl (C=O) groups is 1. The molecule has 0 unspecified atom stereocenters. The first-order chi connectivity index (χ1) is 14.7. The fourth-order valence-electron chi connectivity index (χ4n) is 2.96. The zero-order chi connectivity index (χ0) is 22.9. The molecule has 2 rings (SSSR count). The van der Waals surface area contributed by atoms with Crippen LogP contribution in [0.4, 0.5) is 4.79 Å². The van der Waals surface area contributed by atoms with Crippen molar-refractivity contribution in [2.75, 3.05) is 33.9 Å². The number of hydrogen-bond donors (Lipinski definition) is 2. The number of methoxy groups -OCH3 is 2. The second-order valence-corrected chi connectivity index (χ2v) is 9.07.